The molecule has 0 saturated heterocycles. The molecule has 0 fully saturated rings. The van der Waals surface area contributed by atoms with Crippen molar-refractivity contribution in [2.45, 2.75) is 26.9 Å². The van der Waals surface area contributed by atoms with E-state index >= 15 is 0 Å². The molecule has 0 N–H and O–H groups in total. The molecule has 0 aliphatic carbocycles. The molecule has 1 aliphatic heterocycles. The Balaban J connectivity index is 1.91. The molecule has 1 aromatic heterocycles. The molecular weight excluding hydrogens is 266 g/mol. The van der Waals surface area contributed by atoms with Crippen LogP contribution in [0.5, 0.6) is 11.5 Å². The van der Waals surface area contributed by atoms with Gasteiger partial charge in [-0.25, -0.2) is 0 Å². The summed E-state index contributed by atoms with van der Waals surface area (Å²) < 4.78 is 11.6. The van der Waals surface area contributed by atoms with E-state index in [1.807, 2.05) is 32.0 Å². The summed E-state index contributed by atoms with van der Waals surface area (Å²) in [6.45, 7) is 4.81. The molecule has 0 saturated carbocycles. The zero-order valence-electron chi connectivity index (χ0n) is 12.2. The standard InChI is InChI=1S/C17H17NO3/c1-11-9-14-15(19)5-8-20-17(14)12(2)16(11)21-10-13-3-6-18-7-4-13/h3-4,6-7,9H,5,8,10H2,1-2H3. The van der Waals surface area contributed by atoms with Crippen LogP contribution in [0.4, 0.5) is 0 Å². The Labute approximate surface area is 123 Å². The third-order valence-electron chi connectivity index (χ3n) is 3.65. The van der Waals surface area contributed by atoms with Crippen LogP contribution in [-0.4, -0.2) is 17.4 Å². The van der Waals surface area contributed by atoms with Gasteiger partial charge in [-0.15, -0.1) is 0 Å². The average Bonchev–Trinajstić information content (AvgIpc) is 2.49. The second kappa shape index (κ2) is 5.56. The average molecular weight is 283 g/mol. The van der Waals surface area contributed by atoms with E-state index in [2.05, 4.69) is 4.98 Å². The van der Waals surface area contributed by atoms with Crippen molar-refractivity contribution >= 4 is 5.78 Å². The third kappa shape index (κ3) is 2.61. The second-order valence-corrected chi connectivity index (χ2v) is 5.19. The summed E-state index contributed by atoms with van der Waals surface area (Å²) in [6.07, 6.45) is 3.93. The number of carbonyl (C=O) groups is 1. The van der Waals surface area contributed by atoms with Crippen LogP contribution in [0.2, 0.25) is 0 Å². The first-order valence-electron chi connectivity index (χ1n) is 6.98. The van der Waals surface area contributed by atoms with Gasteiger partial charge in [-0.05, 0) is 43.2 Å². The van der Waals surface area contributed by atoms with Crippen molar-refractivity contribution in [3.05, 3.63) is 52.8 Å². The predicted octanol–water partition coefficient (Wildman–Crippen LogP) is 3.24. The van der Waals surface area contributed by atoms with E-state index < -0.39 is 0 Å². The van der Waals surface area contributed by atoms with Crippen molar-refractivity contribution in [1.29, 1.82) is 0 Å². The van der Waals surface area contributed by atoms with Gasteiger partial charge in [-0.3, -0.25) is 9.78 Å². The van der Waals surface area contributed by atoms with E-state index in [1.165, 1.54) is 0 Å². The highest BCUT2D eigenvalue weighted by molar-refractivity contribution is 6.00. The molecule has 108 valence electrons. The molecule has 4 nitrogen and oxygen atoms in total. The summed E-state index contributed by atoms with van der Waals surface area (Å²) in [7, 11) is 0. The van der Waals surface area contributed by atoms with Gasteiger partial charge in [-0.1, -0.05) is 0 Å². The van der Waals surface area contributed by atoms with Crippen molar-refractivity contribution in [3.8, 4) is 11.5 Å². The number of aryl methyl sites for hydroxylation is 1. The first-order chi connectivity index (χ1) is 10.2. The zero-order chi connectivity index (χ0) is 14.8. The van der Waals surface area contributed by atoms with Crippen LogP contribution >= 0.6 is 0 Å². The Morgan fingerprint density at radius 3 is 2.81 bits per heavy atom. The molecule has 0 atom stereocenters. The third-order valence-corrected chi connectivity index (χ3v) is 3.65. The lowest BCUT2D eigenvalue weighted by Crippen LogP contribution is -2.17. The zero-order valence-corrected chi connectivity index (χ0v) is 12.2. The summed E-state index contributed by atoms with van der Waals surface area (Å²) in [6, 6.07) is 5.71. The van der Waals surface area contributed by atoms with Gasteiger partial charge in [0.1, 0.15) is 18.1 Å². The fraction of sp³-hybridized carbons (Fsp3) is 0.294. The maximum Gasteiger partial charge on any atom is 0.170 e. The molecule has 4 heteroatoms. The minimum atomic E-state index is 0.142. The van der Waals surface area contributed by atoms with Crippen LogP contribution in [0.3, 0.4) is 0 Å². The number of fused-ring (bicyclic) bond motifs is 1. The number of hydrogen-bond donors (Lipinski definition) is 0. The summed E-state index contributed by atoms with van der Waals surface area (Å²) in [4.78, 5) is 15.9. The number of carbonyl (C=O) groups excluding carboxylic acids is 1. The lowest BCUT2D eigenvalue weighted by atomic mass is 9.98. The predicted molar refractivity (Wildman–Crippen MR) is 78.9 cm³/mol. The first kappa shape index (κ1) is 13.6. The quantitative estimate of drug-likeness (QED) is 0.867. The van der Waals surface area contributed by atoms with Gasteiger partial charge >= 0.3 is 0 Å². The van der Waals surface area contributed by atoms with Crippen LogP contribution in [0.25, 0.3) is 0 Å². The van der Waals surface area contributed by atoms with E-state index in [0.717, 1.165) is 22.4 Å². The minimum Gasteiger partial charge on any atom is -0.492 e. The van der Waals surface area contributed by atoms with Crippen molar-refractivity contribution in [1.82, 2.24) is 4.98 Å². The number of Topliss-reactive ketones (excluding diaryl/α,β-unsaturated/α-hetero) is 1. The molecular formula is C17H17NO3. The Morgan fingerprint density at radius 2 is 2.05 bits per heavy atom. The maximum absolute atomic E-state index is 12.0. The van der Waals surface area contributed by atoms with E-state index in [-0.39, 0.29) is 5.78 Å². The summed E-state index contributed by atoms with van der Waals surface area (Å²) >= 11 is 0. The smallest absolute Gasteiger partial charge is 0.170 e. The maximum atomic E-state index is 12.0. The Morgan fingerprint density at radius 1 is 1.29 bits per heavy atom. The molecule has 21 heavy (non-hydrogen) atoms. The molecule has 0 radical (unpaired) electrons. The first-order valence-corrected chi connectivity index (χ1v) is 6.98. The Hall–Kier alpha value is -2.36. The molecule has 1 aliphatic rings. The fourth-order valence-corrected chi connectivity index (χ4v) is 2.58. The molecule has 2 heterocycles. The molecule has 0 amide bonds. The van der Waals surface area contributed by atoms with Gasteiger partial charge in [0, 0.05) is 24.4 Å². The van der Waals surface area contributed by atoms with E-state index in [9.17, 15) is 4.79 Å². The lowest BCUT2D eigenvalue weighted by molar-refractivity contribution is 0.0932. The van der Waals surface area contributed by atoms with E-state index in [4.69, 9.17) is 9.47 Å². The number of pyridine rings is 1. The van der Waals surface area contributed by atoms with Gasteiger partial charge in [0.15, 0.2) is 5.78 Å². The van der Waals surface area contributed by atoms with Crippen molar-refractivity contribution in [3.63, 3.8) is 0 Å². The van der Waals surface area contributed by atoms with Crippen LogP contribution in [-0.2, 0) is 6.61 Å². The van der Waals surface area contributed by atoms with Crippen molar-refractivity contribution in [2.24, 2.45) is 0 Å². The van der Waals surface area contributed by atoms with Crippen LogP contribution in [0.1, 0.15) is 33.5 Å². The number of aromatic nitrogens is 1. The molecule has 0 spiro atoms. The largest absolute Gasteiger partial charge is 0.492 e. The number of nitrogens with zero attached hydrogens (tertiary/aromatic N) is 1. The van der Waals surface area contributed by atoms with Gasteiger partial charge in [0.2, 0.25) is 0 Å². The van der Waals surface area contributed by atoms with Gasteiger partial charge in [0.25, 0.3) is 0 Å². The molecule has 3 rings (SSSR count). The van der Waals surface area contributed by atoms with Gasteiger partial charge < -0.3 is 9.47 Å². The topological polar surface area (TPSA) is 48.4 Å². The highest BCUT2D eigenvalue weighted by atomic mass is 16.5. The molecule has 0 bridgehead atoms. The van der Waals surface area contributed by atoms with E-state index in [1.54, 1.807) is 12.4 Å². The molecule has 1 aromatic carbocycles. The van der Waals surface area contributed by atoms with Crippen molar-refractivity contribution in [2.75, 3.05) is 6.61 Å². The number of hydrogen-bond acceptors (Lipinski definition) is 4. The summed E-state index contributed by atoms with van der Waals surface area (Å²) in [5.74, 6) is 1.60. The number of ketones is 1. The monoisotopic (exact) mass is 283 g/mol. The van der Waals surface area contributed by atoms with Gasteiger partial charge in [0.05, 0.1) is 12.2 Å². The number of ether oxygens (including phenoxy) is 2. The fourth-order valence-electron chi connectivity index (χ4n) is 2.58. The highest BCUT2D eigenvalue weighted by Gasteiger charge is 2.23. The Kier molecular flexibility index (Phi) is 3.60. The van der Waals surface area contributed by atoms with Gasteiger partial charge in [-0.2, -0.15) is 0 Å². The SMILES string of the molecule is Cc1cc2c(c(C)c1OCc1ccncc1)OCCC2=O. The number of benzene rings is 1. The summed E-state index contributed by atoms with van der Waals surface area (Å²) in [5.41, 5.74) is 3.58. The molecule has 0 unspecified atom stereocenters. The minimum absolute atomic E-state index is 0.142. The van der Waals surface area contributed by atoms with E-state index in [0.29, 0.717) is 30.9 Å². The Bertz CT molecular complexity index is 680. The van der Waals surface area contributed by atoms with Crippen LogP contribution in [0.15, 0.2) is 30.6 Å². The molecule has 2 aromatic rings. The highest BCUT2D eigenvalue weighted by Crippen LogP contribution is 2.37. The summed E-state index contributed by atoms with van der Waals surface area (Å²) in [5, 5.41) is 0. The number of rotatable bonds is 3. The second-order valence-electron chi connectivity index (χ2n) is 5.19. The van der Waals surface area contributed by atoms with Crippen LogP contribution in [0, 0.1) is 13.8 Å². The lowest BCUT2D eigenvalue weighted by Gasteiger charge is -2.22. The van der Waals surface area contributed by atoms with Crippen LogP contribution < -0.4 is 9.47 Å². The van der Waals surface area contributed by atoms with Crippen molar-refractivity contribution < 1.29 is 14.3 Å². The normalized spacial score (nSPS) is 13.5.